The van der Waals surface area contributed by atoms with Crippen molar-refractivity contribution in [1.29, 1.82) is 0 Å². The van der Waals surface area contributed by atoms with E-state index in [1.165, 1.54) is 14.2 Å². The van der Waals surface area contributed by atoms with E-state index in [2.05, 4.69) is 23.7 Å². The number of carbonyl (C=O) groups excluding carboxylic acids is 1. The molecule has 40 heavy (non-hydrogen) atoms. The second-order valence-electron chi connectivity index (χ2n) is 9.31. The maximum absolute atomic E-state index is 11.2. The van der Waals surface area contributed by atoms with E-state index >= 15 is 0 Å². The number of hydrogen-bond acceptors (Lipinski definition) is 12. The molecule has 7 N–H and O–H groups in total. The van der Waals surface area contributed by atoms with E-state index in [-0.39, 0.29) is 0 Å². The van der Waals surface area contributed by atoms with Crippen LogP contribution in [0.15, 0.2) is 24.3 Å². The van der Waals surface area contributed by atoms with Crippen molar-refractivity contribution in [1.82, 2.24) is 0 Å². The molecule has 2 aliphatic rings. The number of aliphatic hydroxyl groups excluding tert-OH is 7. The molecule has 2 aromatic carbocycles. The largest absolute Gasteiger partial charge is 0.495 e. The summed E-state index contributed by atoms with van der Waals surface area (Å²) in [7, 11) is 2.88. The molecule has 0 saturated carbocycles. The van der Waals surface area contributed by atoms with Crippen LogP contribution in [0.2, 0.25) is 0 Å². The first-order chi connectivity index (χ1) is 19.2. The zero-order valence-corrected chi connectivity index (χ0v) is 21.5. The Hall–Kier alpha value is -3.27. The highest BCUT2D eigenvalue weighted by atomic mass is 16.5. The molecule has 0 amide bonds. The van der Waals surface area contributed by atoms with Crippen LogP contribution < -0.4 is 9.47 Å². The van der Waals surface area contributed by atoms with Gasteiger partial charge in [0.05, 0.1) is 32.0 Å². The third-order valence-electron chi connectivity index (χ3n) is 6.89. The van der Waals surface area contributed by atoms with Gasteiger partial charge in [0.1, 0.15) is 72.5 Å². The average molecular weight is 559 g/mol. The third kappa shape index (κ3) is 5.50. The number of carbonyl (C=O) groups is 1. The molecule has 10 unspecified atom stereocenters. The SMILES string of the molecule is COc1c(C#CC2OC(C=O)C(O)C(O)C2O)ccc2c(OC)c(C#CC3OC(CO)C(O)C(O)C3O)ccc12. The second-order valence-corrected chi connectivity index (χ2v) is 9.31. The molecule has 0 aromatic heterocycles. The molecule has 12 heteroatoms. The zero-order valence-electron chi connectivity index (χ0n) is 21.5. The van der Waals surface area contributed by atoms with Gasteiger partial charge in [-0.1, -0.05) is 23.7 Å². The van der Waals surface area contributed by atoms with E-state index in [1.807, 2.05) is 0 Å². The Morgan fingerprint density at radius 3 is 1.65 bits per heavy atom. The lowest BCUT2D eigenvalue weighted by atomic mass is 9.95. The summed E-state index contributed by atoms with van der Waals surface area (Å²) >= 11 is 0. The summed E-state index contributed by atoms with van der Waals surface area (Å²) in [6.45, 7) is -0.570. The molecule has 2 saturated heterocycles. The maximum atomic E-state index is 11.2. The highest BCUT2D eigenvalue weighted by Crippen LogP contribution is 2.37. The lowest BCUT2D eigenvalue weighted by Crippen LogP contribution is -2.58. The number of benzene rings is 2. The Kier molecular flexibility index (Phi) is 9.28. The molecule has 4 rings (SSSR count). The van der Waals surface area contributed by atoms with Crippen LogP contribution in [0.1, 0.15) is 11.1 Å². The number of fused-ring (bicyclic) bond motifs is 1. The summed E-state index contributed by atoms with van der Waals surface area (Å²) in [5.41, 5.74) is 0.815. The topological polar surface area (TPSA) is 196 Å². The highest BCUT2D eigenvalue weighted by molar-refractivity contribution is 5.96. The molecular weight excluding hydrogens is 528 g/mol. The standard InChI is InChI=1S/C28H30O12/c1-37-27-13(5-9-17-21(31)25(35)23(33)19(11-29)39-17)3-8-16-15(27)7-4-14(28(16)38-2)6-10-18-22(32)26(36)24(34)20(12-30)40-18/h3-4,7-8,11,17-26,30-36H,12H2,1-2H3. The number of hydrogen-bond donors (Lipinski definition) is 7. The Morgan fingerprint density at radius 1 is 0.725 bits per heavy atom. The first-order valence-corrected chi connectivity index (χ1v) is 12.3. The molecule has 0 radical (unpaired) electrons. The van der Waals surface area contributed by atoms with Crippen molar-refractivity contribution in [2.45, 2.75) is 61.0 Å². The fourth-order valence-electron chi connectivity index (χ4n) is 4.64. The summed E-state index contributed by atoms with van der Waals surface area (Å²) in [6.07, 6.45) is -13.8. The minimum atomic E-state index is -1.62. The lowest BCUT2D eigenvalue weighted by Gasteiger charge is -2.37. The smallest absolute Gasteiger partial charge is 0.151 e. The van der Waals surface area contributed by atoms with Gasteiger partial charge < -0.3 is 59.5 Å². The van der Waals surface area contributed by atoms with Gasteiger partial charge in [-0.25, -0.2) is 0 Å². The summed E-state index contributed by atoms with van der Waals surface area (Å²) in [5, 5.41) is 70.9. The Morgan fingerprint density at radius 2 is 1.20 bits per heavy atom. The molecule has 0 spiro atoms. The van der Waals surface area contributed by atoms with Gasteiger partial charge in [-0.2, -0.15) is 0 Å². The zero-order chi connectivity index (χ0) is 29.1. The maximum Gasteiger partial charge on any atom is 0.151 e. The van der Waals surface area contributed by atoms with Gasteiger partial charge in [0, 0.05) is 10.8 Å². The number of methoxy groups -OCH3 is 2. The van der Waals surface area contributed by atoms with Gasteiger partial charge in [0.2, 0.25) is 0 Å². The van der Waals surface area contributed by atoms with Gasteiger partial charge in [-0.3, -0.25) is 0 Å². The monoisotopic (exact) mass is 558 g/mol. The Labute approximate surface area is 229 Å². The number of ether oxygens (including phenoxy) is 4. The van der Waals surface area contributed by atoms with Crippen molar-refractivity contribution >= 4 is 17.1 Å². The fourth-order valence-corrected chi connectivity index (χ4v) is 4.64. The van der Waals surface area contributed by atoms with E-state index < -0.39 is 67.6 Å². The lowest BCUT2D eigenvalue weighted by molar-refractivity contribution is -0.214. The molecule has 10 atom stereocenters. The highest BCUT2D eigenvalue weighted by Gasteiger charge is 2.44. The molecular formula is C28H30O12. The fraction of sp³-hybridized carbons (Fsp3) is 0.464. The van der Waals surface area contributed by atoms with Gasteiger partial charge >= 0.3 is 0 Å². The van der Waals surface area contributed by atoms with Crippen molar-refractivity contribution in [2.75, 3.05) is 20.8 Å². The molecule has 2 heterocycles. The van der Waals surface area contributed by atoms with Crippen LogP contribution in [0.25, 0.3) is 10.8 Å². The van der Waals surface area contributed by atoms with Crippen molar-refractivity contribution in [3.8, 4) is 35.2 Å². The number of rotatable bonds is 4. The average Bonchev–Trinajstić information content (AvgIpc) is 2.97. The predicted molar refractivity (Wildman–Crippen MR) is 137 cm³/mol. The minimum Gasteiger partial charge on any atom is -0.495 e. The summed E-state index contributed by atoms with van der Waals surface area (Å²) < 4.78 is 22.0. The van der Waals surface area contributed by atoms with Gasteiger partial charge in [0.25, 0.3) is 0 Å². The van der Waals surface area contributed by atoms with Crippen LogP contribution in [-0.4, -0.2) is 124 Å². The first kappa shape index (κ1) is 29.7. The molecule has 2 fully saturated rings. The predicted octanol–water partition coefficient (Wildman–Crippen LogP) is -2.55. The number of aliphatic hydroxyl groups is 7. The van der Waals surface area contributed by atoms with Crippen LogP contribution in [0.3, 0.4) is 0 Å². The van der Waals surface area contributed by atoms with Crippen LogP contribution in [-0.2, 0) is 14.3 Å². The summed E-state index contributed by atoms with van der Waals surface area (Å²) in [4.78, 5) is 11.2. The molecule has 2 aliphatic heterocycles. The first-order valence-electron chi connectivity index (χ1n) is 12.3. The molecule has 214 valence electrons. The van der Waals surface area contributed by atoms with E-state index in [1.54, 1.807) is 24.3 Å². The van der Waals surface area contributed by atoms with Crippen LogP contribution in [0.5, 0.6) is 11.5 Å². The van der Waals surface area contributed by atoms with E-state index in [0.29, 0.717) is 39.7 Å². The quantitative estimate of drug-likeness (QED) is 0.154. The third-order valence-corrected chi connectivity index (χ3v) is 6.89. The number of aldehydes is 1. The van der Waals surface area contributed by atoms with Crippen LogP contribution in [0, 0.1) is 23.7 Å². The minimum absolute atomic E-state index is 0.329. The van der Waals surface area contributed by atoms with Gasteiger partial charge in [-0.05, 0) is 24.3 Å². The van der Waals surface area contributed by atoms with Crippen LogP contribution in [0.4, 0.5) is 0 Å². The normalized spacial score (nSPS) is 33.7. The molecule has 12 nitrogen and oxygen atoms in total. The van der Waals surface area contributed by atoms with Gasteiger partial charge in [0.15, 0.2) is 6.29 Å². The van der Waals surface area contributed by atoms with Crippen molar-refractivity contribution in [2.24, 2.45) is 0 Å². The van der Waals surface area contributed by atoms with E-state index in [9.17, 15) is 40.5 Å². The van der Waals surface area contributed by atoms with E-state index in [0.717, 1.165) is 0 Å². The molecule has 0 bridgehead atoms. The summed E-state index contributed by atoms with van der Waals surface area (Å²) in [6, 6.07) is 6.67. The van der Waals surface area contributed by atoms with Crippen molar-refractivity contribution in [3.63, 3.8) is 0 Å². The van der Waals surface area contributed by atoms with Crippen molar-refractivity contribution < 1.29 is 59.5 Å². The van der Waals surface area contributed by atoms with Gasteiger partial charge in [-0.15, -0.1) is 0 Å². The van der Waals surface area contributed by atoms with E-state index in [4.69, 9.17) is 18.9 Å². The second kappa shape index (κ2) is 12.5. The Balaban J connectivity index is 1.67. The van der Waals surface area contributed by atoms with Crippen LogP contribution >= 0.6 is 0 Å². The Bertz CT molecular complexity index is 1350. The molecule has 2 aromatic rings. The summed E-state index contributed by atoms with van der Waals surface area (Å²) in [5.74, 6) is 11.8. The molecule has 0 aliphatic carbocycles. The van der Waals surface area contributed by atoms with Crippen molar-refractivity contribution in [3.05, 3.63) is 35.4 Å².